The average molecular weight is 281 g/mol. The zero-order chi connectivity index (χ0) is 14.5. The summed E-state index contributed by atoms with van der Waals surface area (Å²) in [5.41, 5.74) is 0.680. The summed E-state index contributed by atoms with van der Waals surface area (Å²) in [6.07, 6.45) is 1.61. The first-order valence-corrected chi connectivity index (χ1v) is 7.32. The van der Waals surface area contributed by atoms with Gasteiger partial charge in [0, 0.05) is 32.0 Å². The molecule has 0 aromatic heterocycles. The Bertz CT molecular complexity index is 316. The van der Waals surface area contributed by atoms with Crippen molar-refractivity contribution in [1.82, 2.24) is 0 Å². The smallest absolute Gasteiger partial charge is 0.217 e. The summed E-state index contributed by atoms with van der Waals surface area (Å²) in [7, 11) is 0. The minimum absolute atomic E-state index is 0.478. The van der Waals surface area contributed by atoms with Gasteiger partial charge >= 0.3 is 0 Å². The van der Waals surface area contributed by atoms with Gasteiger partial charge in [0.15, 0.2) is 0 Å². The monoisotopic (exact) mass is 281 g/mol. The molecular formula is C16H25O4. The molecule has 4 heteroatoms. The summed E-state index contributed by atoms with van der Waals surface area (Å²) in [6.45, 7) is 5.42. The zero-order valence-corrected chi connectivity index (χ0v) is 12.3. The van der Waals surface area contributed by atoms with Gasteiger partial charge in [0.2, 0.25) is 6.29 Å². The van der Waals surface area contributed by atoms with Gasteiger partial charge in [-0.25, -0.2) is 0 Å². The van der Waals surface area contributed by atoms with E-state index in [0.29, 0.717) is 18.8 Å². The van der Waals surface area contributed by atoms with Crippen LogP contribution in [-0.4, -0.2) is 33.0 Å². The Balaban J connectivity index is 1.90. The van der Waals surface area contributed by atoms with Crippen LogP contribution in [0.15, 0.2) is 30.3 Å². The third kappa shape index (κ3) is 8.27. The summed E-state index contributed by atoms with van der Waals surface area (Å²) in [6, 6.07) is 9.16. The molecule has 20 heavy (non-hydrogen) atoms. The molecule has 0 saturated carbocycles. The minimum atomic E-state index is -1.08. The molecule has 1 unspecified atom stereocenters. The van der Waals surface area contributed by atoms with Crippen molar-refractivity contribution in [2.75, 3.05) is 33.0 Å². The van der Waals surface area contributed by atoms with Crippen LogP contribution in [0, 0.1) is 0 Å². The van der Waals surface area contributed by atoms with E-state index in [-0.39, 0.29) is 0 Å². The van der Waals surface area contributed by atoms with Crippen molar-refractivity contribution in [3.63, 3.8) is 0 Å². The Kier molecular flexibility index (Phi) is 10.1. The van der Waals surface area contributed by atoms with Gasteiger partial charge in [0.1, 0.15) is 0 Å². The highest BCUT2D eigenvalue weighted by Gasteiger charge is 2.07. The van der Waals surface area contributed by atoms with E-state index in [4.69, 9.17) is 14.2 Å². The van der Waals surface area contributed by atoms with Gasteiger partial charge in [-0.15, -0.1) is 0 Å². The highest BCUT2D eigenvalue weighted by atomic mass is 16.6. The number of unbranched alkanes of at least 4 members (excludes halogenated alkanes) is 1. The van der Waals surface area contributed by atoms with Crippen LogP contribution in [0.25, 0.3) is 0 Å². The Labute approximate surface area is 121 Å². The SMILES string of the molecule is CCOCCCOCCCCOC([O])c1ccccc1. The maximum Gasteiger partial charge on any atom is 0.217 e. The number of rotatable bonds is 12. The largest absolute Gasteiger partial charge is 0.382 e. The summed E-state index contributed by atoms with van der Waals surface area (Å²) >= 11 is 0. The number of hydrogen-bond acceptors (Lipinski definition) is 3. The summed E-state index contributed by atoms with van der Waals surface area (Å²) < 4.78 is 15.9. The molecule has 0 amide bonds. The fourth-order valence-electron chi connectivity index (χ4n) is 1.71. The predicted octanol–water partition coefficient (Wildman–Crippen LogP) is 3.36. The lowest BCUT2D eigenvalue weighted by Gasteiger charge is -2.10. The van der Waals surface area contributed by atoms with E-state index in [0.717, 1.165) is 39.1 Å². The molecule has 4 nitrogen and oxygen atoms in total. The highest BCUT2D eigenvalue weighted by Crippen LogP contribution is 2.14. The van der Waals surface area contributed by atoms with Crippen molar-refractivity contribution in [2.24, 2.45) is 0 Å². The summed E-state index contributed by atoms with van der Waals surface area (Å²) in [5.74, 6) is 0. The van der Waals surface area contributed by atoms with E-state index >= 15 is 0 Å². The fourth-order valence-corrected chi connectivity index (χ4v) is 1.71. The number of ether oxygens (including phenoxy) is 3. The first-order chi connectivity index (χ1) is 9.84. The van der Waals surface area contributed by atoms with E-state index in [2.05, 4.69) is 0 Å². The summed E-state index contributed by atoms with van der Waals surface area (Å²) in [4.78, 5) is 0. The van der Waals surface area contributed by atoms with E-state index < -0.39 is 6.29 Å². The van der Waals surface area contributed by atoms with Gasteiger partial charge in [-0.3, -0.25) is 0 Å². The maximum atomic E-state index is 11.7. The molecule has 1 aromatic rings. The molecule has 0 aliphatic carbocycles. The first-order valence-electron chi connectivity index (χ1n) is 7.32. The van der Waals surface area contributed by atoms with Crippen molar-refractivity contribution >= 4 is 0 Å². The third-order valence-corrected chi connectivity index (χ3v) is 2.81. The molecule has 1 aromatic carbocycles. The Morgan fingerprint density at radius 2 is 1.55 bits per heavy atom. The van der Waals surface area contributed by atoms with Crippen LogP contribution in [0.1, 0.15) is 38.0 Å². The fraction of sp³-hybridized carbons (Fsp3) is 0.625. The van der Waals surface area contributed by atoms with Gasteiger partial charge in [-0.2, -0.15) is 5.11 Å². The lowest BCUT2D eigenvalue weighted by Crippen LogP contribution is -2.05. The van der Waals surface area contributed by atoms with E-state index in [1.165, 1.54) is 0 Å². The number of hydrogen-bond donors (Lipinski definition) is 0. The first kappa shape index (κ1) is 17.1. The van der Waals surface area contributed by atoms with Gasteiger partial charge in [0.05, 0.1) is 6.61 Å². The Hall–Kier alpha value is -0.940. The maximum absolute atomic E-state index is 11.7. The third-order valence-electron chi connectivity index (χ3n) is 2.81. The molecule has 1 radical (unpaired) electrons. The standard InChI is InChI=1S/C16H25O4/c1-2-18-12-8-13-19-11-6-7-14-20-16(17)15-9-4-3-5-10-15/h3-5,9-10,16H,2,6-8,11-14H2,1H3. The quantitative estimate of drug-likeness (QED) is 0.436. The molecule has 0 spiro atoms. The van der Waals surface area contributed by atoms with Gasteiger partial charge in [0.25, 0.3) is 0 Å². The van der Waals surface area contributed by atoms with Crippen LogP contribution in [-0.2, 0) is 19.3 Å². The highest BCUT2D eigenvalue weighted by molar-refractivity contribution is 5.15. The molecule has 0 aliphatic heterocycles. The van der Waals surface area contributed by atoms with Crippen molar-refractivity contribution in [1.29, 1.82) is 0 Å². The van der Waals surface area contributed by atoms with Gasteiger partial charge in [-0.1, -0.05) is 30.3 Å². The summed E-state index contributed by atoms with van der Waals surface area (Å²) in [5, 5.41) is 11.7. The minimum Gasteiger partial charge on any atom is -0.382 e. The van der Waals surface area contributed by atoms with Crippen LogP contribution >= 0.6 is 0 Å². The van der Waals surface area contributed by atoms with Crippen LogP contribution in [0.5, 0.6) is 0 Å². The van der Waals surface area contributed by atoms with Gasteiger partial charge < -0.3 is 14.2 Å². The number of benzene rings is 1. The van der Waals surface area contributed by atoms with Crippen LogP contribution in [0.3, 0.4) is 0 Å². The predicted molar refractivity (Wildman–Crippen MR) is 77.0 cm³/mol. The van der Waals surface area contributed by atoms with E-state index in [1.54, 1.807) is 12.1 Å². The van der Waals surface area contributed by atoms with Crippen molar-refractivity contribution in [3.8, 4) is 0 Å². The second-order valence-electron chi connectivity index (χ2n) is 4.48. The van der Waals surface area contributed by atoms with E-state index in [9.17, 15) is 5.11 Å². The van der Waals surface area contributed by atoms with Crippen LogP contribution in [0.2, 0.25) is 0 Å². The topological polar surface area (TPSA) is 47.6 Å². The van der Waals surface area contributed by atoms with Crippen LogP contribution in [0.4, 0.5) is 0 Å². The normalized spacial score (nSPS) is 12.5. The lowest BCUT2D eigenvalue weighted by atomic mass is 10.2. The Morgan fingerprint density at radius 3 is 2.30 bits per heavy atom. The molecule has 1 atom stereocenters. The van der Waals surface area contributed by atoms with Crippen molar-refractivity contribution in [2.45, 2.75) is 32.5 Å². The molecule has 0 heterocycles. The molecule has 1 rings (SSSR count). The molecular weight excluding hydrogens is 256 g/mol. The van der Waals surface area contributed by atoms with E-state index in [1.807, 2.05) is 25.1 Å². The van der Waals surface area contributed by atoms with Crippen molar-refractivity contribution in [3.05, 3.63) is 35.9 Å². The zero-order valence-electron chi connectivity index (χ0n) is 12.3. The second-order valence-corrected chi connectivity index (χ2v) is 4.48. The molecule has 0 bridgehead atoms. The lowest BCUT2D eigenvalue weighted by molar-refractivity contribution is -0.145. The molecule has 0 saturated heterocycles. The second kappa shape index (κ2) is 11.9. The average Bonchev–Trinajstić information content (AvgIpc) is 2.50. The van der Waals surface area contributed by atoms with Crippen molar-refractivity contribution < 1.29 is 19.3 Å². The molecule has 0 aliphatic rings. The molecule has 0 fully saturated rings. The van der Waals surface area contributed by atoms with Gasteiger partial charge in [-0.05, 0) is 26.2 Å². The van der Waals surface area contributed by atoms with Crippen LogP contribution < -0.4 is 0 Å². The molecule has 0 N–H and O–H groups in total. The molecule has 113 valence electrons. The Morgan fingerprint density at radius 1 is 0.900 bits per heavy atom.